The van der Waals surface area contributed by atoms with Crippen LogP contribution in [0.1, 0.15) is 34.1 Å². The molecule has 0 saturated carbocycles. The average molecular weight is 303 g/mol. The van der Waals surface area contributed by atoms with Crippen molar-refractivity contribution in [2.45, 2.75) is 59.8 Å². The van der Waals surface area contributed by atoms with E-state index < -0.39 is 20.2 Å². The van der Waals surface area contributed by atoms with E-state index in [-0.39, 0.29) is 24.3 Å². The Hall–Kier alpha value is -0.723. The predicted octanol–water partition coefficient (Wildman–Crippen LogP) is 2.53. The molecular formula is C14H29NO4Si. The van der Waals surface area contributed by atoms with Crippen molar-refractivity contribution in [1.29, 1.82) is 0 Å². The minimum atomic E-state index is -1.79. The summed E-state index contributed by atoms with van der Waals surface area (Å²) in [5.74, 6) is -1.36. The van der Waals surface area contributed by atoms with Crippen molar-refractivity contribution in [2.75, 3.05) is 6.61 Å². The first kappa shape index (κ1) is 19.3. The number of carbonyl (C=O) groups is 2. The predicted molar refractivity (Wildman–Crippen MR) is 81.6 cm³/mol. The van der Waals surface area contributed by atoms with Gasteiger partial charge < -0.3 is 9.26 Å². The van der Waals surface area contributed by atoms with Crippen LogP contribution in [0.3, 0.4) is 0 Å². The third-order valence-corrected chi connectivity index (χ3v) is 3.83. The molecule has 0 aliphatic heterocycles. The molecule has 0 aromatic rings. The highest BCUT2D eigenvalue weighted by Crippen LogP contribution is 2.20. The van der Waals surface area contributed by atoms with Gasteiger partial charge >= 0.3 is 5.97 Å². The molecule has 118 valence electrons. The van der Waals surface area contributed by atoms with Crippen molar-refractivity contribution in [3.05, 3.63) is 0 Å². The Morgan fingerprint density at radius 3 is 2.10 bits per heavy atom. The highest BCUT2D eigenvalue weighted by molar-refractivity contribution is 6.69. The Morgan fingerprint density at radius 1 is 1.20 bits per heavy atom. The fourth-order valence-corrected chi connectivity index (χ4v) is 2.30. The monoisotopic (exact) mass is 303 g/mol. The Kier molecular flexibility index (Phi) is 8.23. The van der Waals surface area contributed by atoms with Crippen LogP contribution in [0.4, 0.5) is 0 Å². The second-order valence-corrected chi connectivity index (χ2v) is 10.5. The van der Waals surface area contributed by atoms with Gasteiger partial charge in [0.15, 0.2) is 0 Å². The van der Waals surface area contributed by atoms with Crippen molar-refractivity contribution in [3.63, 3.8) is 0 Å². The lowest BCUT2D eigenvalue weighted by molar-refractivity contribution is -0.154. The molecule has 0 amide bonds. The average Bonchev–Trinajstić information content (AvgIpc) is 2.31. The molecule has 6 heteroatoms. The first-order chi connectivity index (χ1) is 9.14. The van der Waals surface area contributed by atoms with E-state index in [1.54, 1.807) is 6.92 Å². The molecule has 0 rings (SSSR count). The maximum Gasteiger partial charge on any atom is 0.318 e. The van der Waals surface area contributed by atoms with Crippen LogP contribution >= 0.6 is 0 Å². The molecular weight excluding hydrogens is 274 g/mol. The molecule has 0 aliphatic rings. The zero-order chi connectivity index (χ0) is 15.9. The number of Topliss-reactive ketones (excluding diaryl/α,β-unsaturated/α-hetero) is 1. The van der Waals surface area contributed by atoms with Crippen LogP contribution < -0.4 is 5.48 Å². The van der Waals surface area contributed by atoms with Crippen LogP contribution in [-0.2, 0) is 18.9 Å². The van der Waals surface area contributed by atoms with Crippen LogP contribution in [-0.4, -0.2) is 32.7 Å². The zero-order valence-corrected chi connectivity index (χ0v) is 14.8. The number of ether oxygens (including phenoxy) is 1. The maximum atomic E-state index is 12.0. The van der Waals surface area contributed by atoms with Gasteiger partial charge in [0.25, 0.3) is 0 Å². The lowest BCUT2D eigenvalue weighted by Gasteiger charge is -2.31. The van der Waals surface area contributed by atoms with Crippen LogP contribution in [0.25, 0.3) is 0 Å². The maximum absolute atomic E-state index is 12.0. The van der Waals surface area contributed by atoms with Gasteiger partial charge in [0.2, 0.25) is 8.32 Å². The summed E-state index contributed by atoms with van der Waals surface area (Å²) in [6.45, 7) is 13.6. The van der Waals surface area contributed by atoms with Crippen LogP contribution in [0.5, 0.6) is 0 Å². The number of hydrogen-bond donors (Lipinski definition) is 1. The van der Waals surface area contributed by atoms with Gasteiger partial charge in [-0.25, -0.2) is 5.48 Å². The SMILES string of the molecule is CCOC(=O)[C@H](C(C)=O)[C@H](NO[Si](C)(C)C)C(C)CC. The van der Waals surface area contributed by atoms with E-state index in [1.165, 1.54) is 6.92 Å². The van der Waals surface area contributed by atoms with Crippen molar-refractivity contribution in [2.24, 2.45) is 11.8 Å². The second kappa shape index (κ2) is 8.54. The molecule has 0 aromatic heterocycles. The minimum absolute atomic E-state index is 0.129. The van der Waals surface area contributed by atoms with Gasteiger partial charge in [-0.3, -0.25) is 9.59 Å². The summed E-state index contributed by atoms with van der Waals surface area (Å²) in [6.07, 6.45) is 0.843. The Morgan fingerprint density at radius 2 is 1.75 bits per heavy atom. The summed E-state index contributed by atoms with van der Waals surface area (Å²) in [4.78, 5) is 23.9. The fraction of sp³-hybridized carbons (Fsp3) is 0.857. The van der Waals surface area contributed by atoms with E-state index in [0.717, 1.165) is 6.42 Å². The van der Waals surface area contributed by atoms with E-state index >= 15 is 0 Å². The second-order valence-electron chi connectivity index (χ2n) is 6.08. The molecule has 3 atom stereocenters. The fourth-order valence-electron chi connectivity index (χ4n) is 1.81. The molecule has 0 aliphatic carbocycles. The molecule has 0 aromatic carbocycles. The molecule has 0 radical (unpaired) electrons. The summed E-state index contributed by atoms with van der Waals surface area (Å²) in [6, 6.07) is -0.358. The van der Waals surface area contributed by atoms with Gasteiger partial charge in [-0.15, -0.1) is 0 Å². The molecule has 20 heavy (non-hydrogen) atoms. The molecule has 1 N–H and O–H groups in total. The van der Waals surface area contributed by atoms with Gasteiger partial charge in [0, 0.05) is 0 Å². The molecule has 0 saturated heterocycles. The van der Waals surface area contributed by atoms with Gasteiger partial charge in [0.1, 0.15) is 11.7 Å². The molecule has 1 unspecified atom stereocenters. The molecule has 0 spiro atoms. The molecule has 0 bridgehead atoms. The Bertz CT molecular complexity index is 328. The third kappa shape index (κ3) is 6.63. The topological polar surface area (TPSA) is 64.6 Å². The minimum Gasteiger partial charge on any atom is -0.465 e. The van der Waals surface area contributed by atoms with Gasteiger partial charge in [-0.2, -0.15) is 0 Å². The Labute approximate surface area is 123 Å². The molecule has 0 heterocycles. The number of ketones is 1. The van der Waals surface area contributed by atoms with Crippen molar-refractivity contribution in [1.82, 2.24) is 5.48 Å². The van der Waals surface area contributed by atoms with Crippen molar-refractivity contribution < 1.29 is 18.9 Å². The highest BCUT2D eigenvalue weighted by Gasteiger charge is 2.37. The van der Waals surface area contributed by atoms with Crippen LogP contribution in [0.2, 0.25) is 19.6 Å². The van der Waals surface area contributed by atoms with Crippen molar-refractivity contribution >= 4 is 20.1 Å². The lowest BCUT2D eigenvalue weighted by Crippen LogP contribution is -2.51. The smallest absolute Gasteiger partial charge is 0.318 e. The zero-order valence-electron chi connectivity index (χ0n) is 13.8. The lowest BCUT2D eigenvalue weighted by atomic mass is 9.86. The number of esters is 1. The van der Waals surface area contributed by atoms with Crippen LogP contribution in [0, 0.1) is 11.8 Å². The van der Waals surface area contributed by atoms with E-state index in [0.29, 0.717) is 0 Å². The molecule has 5 nitrogen and oxygen atoms in total. The number of hydrogen-bond acceptors (Lipinski definition) is 5. The highest BCUT2D eigenvalue weighted by atomic mass is 28.4. The normalized spacial score (nSPS) is 16.4. The van der Waals surface area contributed by atoms with E-state index in [2.05, 4.69) is 5.48 Å². The summed E-state index contributed by atoms with van der Waals surface area (Å²) in [5, 5.41) is 0. The van der Waals surface area contributed by atoms with E-state index in [4.69, 9.17) is 9.26 Å². The number of hydroxylamine groups is 1. The van der Waals surface area contributed by atoms with Gasteiger partial charge in [0.05, 0.1) is 12.6 Å². The Balaban J connectivity index is 5.12. The molecule has 0 fully saturated rings. The first-order valence-electron chi connectivity index (χ1n) is 7.24. The van der Waals surface area contributed by atoms with Crippen molar-refractivity contribution in [3.8, 4) is 0 Å². The summed E-state index contributed by atoms with van der Waals surface area (Å²) >= 11 is 0. The number of nitrogens with one attached hydrogen (secondary N) is 1. The quantitative estimate of drug-likeness (QED) is 0.307. The van der Waals surface area contributed by atoms with Gasteiger partial charge in [-0.1, -0.05) is 20.3 Å². The number of carbonyl (C=O) groups excluding carboxylic acids is 2. The summed E-state index contributed by atoms with van der Waals surface area (Å²) in [5.41, 5.74) is 2.97. The summed E-state index contributed by atoms with van der Waals surface area (Å²) in [7, 11) is -1.79. The first-order valence-corrected chi connectivity index (χ1v) is 10.7. The standard InChI is InChI=1S/C14H29NO4Si/c1-8-10(3)13(15-19-20(5,6)7)12(11(4)16)14(17)18-9-2/h10,12-13,15H,8-9H2,1-7H3/t10?,12-,13-/m1/s1. The summed E-state index contributed by atoms with van der Waals surface area (Å²) < 4.78 is 10.7. The van der Waals surface area contributed by atoms with Gasteiger partial charge in [-0.05, 0) is 39.4 Å². The largest absolute Gasteiger partial charge is 0.465 e. The third-order valence-electron chi connectivity index (χ3n) is 3.10. The van der Waals surface area contributed by atoms with E-state index in [9.17, 15) is 9.59 Å². The van der Waals surface area contributed by atoms with Crippen LogP contribution in [0.15, 0.2) is 0 Å². The number of rotatable bonds is 9. The van der Waals surface area contributed by atoms with E-state index in [1.807, 2.05) is 33.5 Å².